The van der Waals surface area contributed by atoms with Crippen molar-refractivity contribution in [1.29, 1.82) is 0 Å². The monoisotopic (exact) mass is 169 g/mol. The molecule has 1 aliphatic heterocycles. The minimum atomic E-state index is -0.632. The highest BCUT2D eigenvalue weighted by atomic mass is 16.4. The Morgan fingerprint density at radius 2 is 2.08 bits per heavy atom. The molecule has 68 valence electrons. The number of likely N-dealkylation sites (tertiary alicyclic amines) is 1. The maximum Gasteiger partial charge on any atom is 0.321 e. The maximum absolute atomic E-state index is 10.9. The van der Waals surface area contributed by atoms with E-state index in [1.165, 1.54) is 12.8 Å². The van der Waals surface area contributed by atoms with Crippen LogP contribution in [0.5, 0.6) is 0 Å². The average molecular weight is 169 g/mol. The van der Waals surface area contributed by atoms with Gasteiger partial charge in [-0.05, 0) is 31.7 Å². The number of hydrogen-bond donors (Lipinski definition) is 1. The lowest BCUT2D eigenvalue weighted by Crippen LogP contribution is -2.40. The van der Waals surface area contributed by atoms with Gasteiger partial charge in [0.1, 0.15) is 6.04 Å². The van der Waals surface area contributed by atoms with Crippen molar-refractivity contribution in [3.63, 3.8) is 0 Å². The molecule has 2 aliphatic rings. The van der Waals surface area contributed by atoms with Crippen molar-refractivity contribution in [2.75, 3.05) is 6.54 Å². The van der Waals surface area contributed by atoms with Crippen LogP contribution in [0, 0.1) is 5.92 Å². The van der Waals surface area contributed by atoms with E-state index in [1.54, 1.807) is 0 Å². The molecule has 2 atom stereocenters. The SMILES string of the molecule is CC1CCN(C2CC2)C1C(=O)O. The molecule has 1 N–H and O–H groups in total. The first-order valence-electron chi connectivity index (χ1n) is 4.68. The molecule has 12 heavy (non-hydrogen) atoms. The Morgan fingerprint density at radius 3 is 2.58 bits per heavy atom. The first-order valence-corrected chi connectivity index (χ1v) is 4.68. The number of carboxylic acid groups (broad SMARTS) is 1. The Kier molecular flexibility index (Phi) is 1.83. The van der Waals surface area contributed by atoms with Gasteiger partial charge in [0.25, 0.3) is 0 Å². The number of nitrogens with zero attached hydrogens (tertiary/aromatic N) is 1. The molecule has 1 saturated carbocycles. The summed E-state index contributed by atoms with van der Waals surface area (Å²) in [7, 11) is 0. The lowest BCUT2D eigenvalue weighted by molar-refractivity contribution is -0.143. The highest BCUT2D eigenvalue weighted by molar-refractivity contribution is 5.74. The molecular formula is C9H15NO2. The molecule has 1 saturated heterocycles. The summed E-state index contributed by atoms with van der Waals surface area (Å²) in [5.74, 6) is -0.296. The van der Waals surface area contributed by atoms with Crippen LogP contribution < -0.4 is 0 Å². The fourth-order valence-corrected chi connectivity index (χ4v) is 2.18. The van der Waals surface area contributed by atoms with Gasteiger partial charge < -0.3 is 5.11 Å². The minimum absolute atomic E-state index is 0.197. The van der Waals surface area contributed by atoms with Crippen molar-refractivity contribution in [3.05, 3.63) is 0 Å². The summed E-state index contributed by atoms with van der Waals surface area (Å²) in [6, 6.07) is 0.397. The van der Waals surface area contributed by atoms with Crippen molar-refractivity contribution >= 4 is 5.97 Å². The Morgan fingerprint density at radius 1 is 1.42 bits per heavy atom. The normalized spacial score (nSPS) is 37.1. The molecule has 0 aromatic rings. The van der Waals surface area contributed by atoms with E-state index in [0.717, 1.165) is 13.0 Å². The van der Waals surface area contributed by atoms with E-state index in [9.17, 15) is 4.79 Å². The number of carbonyl (C=O) groups is 1. The van der Waals surface area contributed by atoms with Gasteiger partial charge in [-0.15, -0.1) is 0 Å². The summed E-state index contributed by atoms with van der Waals surface area (Å²) in [6.45, 7) is 3.03. The second-order valence-electron chi connectivity index (χ2n) is 4.02. The largest absolute Gasteiger partial charge is 0.480 e. The van der Waals surface area contributed by atoms with Crippen LogP contribution in [-0.4, -0.2) is 34.6 Å². The van der Waals surface area contributed by atoms with Gasteiger partial charge in [0, 0.05) is 6.04 Å². The van der Waals surface area contributed by atoms with Gasteiger partial charge in [-0.1, -0.05) is 6.92 Å². The number of rotatable bonds is 2. The molecular weight excluding hydrogens is 154 g/mol. The topological polar surface area (TPSA) is 40.5 Å². The average Bonchev–Trinajstić information content (AvgIpc) is 2.75. The Bertz CT molecular complexity index is 201. The third-order valence-corrected chi connectivity index (χ3v) is 3.01. The van der Waals surface area contributed by atoms with Crippen LogP contribution >= 0.6 is 0 Å². The summed E-state index contributed by atoms with van der Waals surface area (Å²) in [5, 5.41) is 8.99. The van der Waals surface area contributed by atoms with E-state index < -0.39 is 5.97 Å². The predicted octanol–water partition coefficient (Wildman–Crippen LogP) is 0.944. The Labute approximate surface area is 72.4 Å². The van der Waals surface area contributed by atoms with E-state index >= 15 is 0 Å². The van der Waals surface area contributed by atoms with E-state index in [1.807, 2.05) is 6.92 Å². The molecule has 1 aliphatic carbocycles. The van der Waals surface area contributed by atoms with Crippen LogP contribution in [0.4, 0.5) is 0 Å². The zero-order valence-electron chi connectivity index (χ0n) is 7.36. The first-order chi connectivity index (χ1) is 5.70. The molecule has 0 amide bonds. The molecule has 2 fully saturated rings. The molecule has 0 radical (unpaired) electrons. The van der Waals surface area contributed by atoms with Gasteiger partial charge >= 0.3 is 5.97 Å². The van der Waals surface area contributed by atoms with Crippen LogP contribution in [-0.2, 0) is 4.79 Å². The van der Waals surface area contributed by atoms with E-state index in [2.05, 4.69) is 4.90 Å². The van der Waals surface area contributed by atoms with Gasteiger partial charge in [-0.25, -0.2) is 0 Å². The summed E-state index contributed by atoms with van der Waals surface area (Å²) in [4.78, 5) is 13.1. The summed E-state index contributed by atoms with van der Waals surface area (Å²) in [5.41, 5.74) is 0. The third-order valence-electron chi connectivity index (χ3n) is 3.01. The van der Waals surface area contributed by atoms with Crippen LogP contribution in [0.15, 0.2) is 0 Å². The second-order valence-corrected chi connectivity index (χ2v) is 4.02. The fraction of sp³-hybridized carbons (Fsp3) is 0.889. The van der Waals surface area contributed by atoms with Crippen molar-refractivity contribution in [2.24, 2.45) is 5.92 Å². The standard InChI is InChI=1S/C9H15NO2/c1-6-4-5-10(7-2-3-7)8(6)9(11)12/h6-8H,2-5H2,1H3,(H,11,12). The lowest BCUT2D eigenvalue weighted by atomic mass is 10.0. The van der Waals surface area contributed by atoms with E-state index in [4.69, 9.17) is 5.11 Å². The number of aliphatic carboxylic acids is 1. The third kappa shape index (κ3) is 1.22. The summed E-state index contributed by atoms with van der Waals surface area (Å²) < 4.78 is 0. The summed E-state index contributed by atoms with van der Waals surface area (Å²) >= 11 is 0. The quantitative estimate of drug-likeness (QED) is 0.669. The van der Waals surface area contributed by atoms with Crippen molar-refractivity contribution in [1.82, 2.24) is 4.90 Å². The maximum atomic E-state index is 10.9. The molecule has 0 spiro atoms. The highest BCUT2D eigenvalue weighted by Gasteiger charge is 2.43. The molecule has 2 unspecified atom stereocenters. The zero-order chi connectivity index (χ0) is 8.72. The molecule has 0 aromatic heterocycles. The van der Waals surface area contributed by atoms with Crippen molar-refractivity contribution in [3.8, 4) is 0 Å². The smallest absolute Gasteiger partial charge is 0.321 e. The molecule has 3 nitrogen and oxygen atoms in total. The molecule has 0 aromatic carbocycles. The van der Waals surface area contributed by atoms with Crippen LogP contribution in [0.2, 0.25) is 0 Å². The van der Waals surface area contributed by atoms with Crippen LogP contribution in [0.1, 0.15) is 26.2 Å². The van der Waals surface area contributed by atoms with Crippen molar-refractivity contribution in [2.45, 2.75) is 38.3 Å². The van der Waals surface area contributed by atoms with E-state index in [0.29, 0.717) is 12.0 Å². The van der Waals surface area contributed by atoms with Gasteiger partial charge in [0.15, 0.2) is 0 Å². The Balaban J connectivity index is 2.07. The molecule has 3 heteroatoms. The zero-order valence-corrected chi connectivity index (χ0v) is 7.36. The first kappa shape index (κ1) is 8.05. The van der Waals surface area contributed by atoms with Gasteiger partial charge in [0.05, 0.1) is 0 Å². The fourth-order valence-electron chi connectivity index (χ4n) is 2.18. The van der Waals surface area contributed by atoms with Gasteiger partial charge in [-0.3, -0.25) is 9.69 Å². The molecule has 2 rings (SSSR count). The lowest BCUT2D eigenvalue weighted by Gasteiger charge is -2.22. The van der Waals surface area contributed by atoms with Crippen LogP contribution in [0.3, 0.4) is 0 Å². The summed E-state index contributed by atoms with van der Waals surface area (Å²) in [6.07, 6.45) is 3.46. The number of carboxylic acids is 1. The molecule has 0 bridgehead atoms. The van der Waals surface area contributed by atoms with Gasteiger partial charge in [-0.2, -0.15) is 0 Å². The van der Waals surface area contributed by atoms with Crippen LogP contribution in [0.25, 0.3) is 0 Å². The second kappa shape index (κ2) is 2.73. The molecule has 1 heterocycles. The van der Waals surface area contributed by atoms with E-state index in [-0.39, 0.29) is 6.04 Å². The number of hydrogen-bond acceptors (Lipinski definition) is 2. The predicted molar refractivity (Wildman–Crippen MR) is 44.9 cm³/mol. The van der Waals surface area contributed by atoms with Crippen molar-refractivity contribution < 1.29 is 9.90 Å². The van der Waals surface area contributed by atoms with Gasteiger partial charge in [0.2, 0.25) is 0 Å². The Hall–Kier alpha value is -0.570. The minimum Gasteiger partial charge on any atom is -0.480 e. The highest BCUT2D eigenvalue weighted by Crippen LogP contribution is 2.35.